The van der Waals surface area contributed by atoms with Crippen LogP contribution in [0.15, 0.2) is 24.3 Å². The molecule has 0 unspecified atom stereocenters. The highest BCUT2D eigenvalue weighted by Gasteiger charge is 2.26. The van der Waals surface area contributed by atoms with Gasteiger partial charge in [-0.2, -0.15) is 8.42 Å². The molecule has 0 aromatic heterocycles. The molecule has 1 aromatic carbocycles. The van der Waals surface area contributed by atoms with Gasteiger partial charge in [0.2, 0.25) is 0 Å². The van der Waals surface area contributed by atoms with E-state index in [-0.39, 0.29) is 0 Å². The van der Waals surface area contributed by atoms with E-state index in [9.17, 15) is 13.2 Å². The Balaban J connectivity index is 3.06. The Labute approximate surface area is 104 Å². The second-order valence-corrected chi connectivity index (χ2v) is 5.29. The lowest BCUT2D eigenvalue weighted by molar-refractivity contribution is -0.149. The fraction of sp³-hybridized carbons (Fsp3) is 0.300. The Morgan fingerprint density at radius 3 is 2.24 bits per heavy atom. The largest absolute Gasteiger partial charge is 0.467 e. The number of esters is 1. The maximum atomic E-state index is 11.4. The maximum Gasteiger partial charge on any atom is 0.341 e. The molecule has 17 heavy (non-hydrogen) atoms. The zero-order chi connectivity index (χ0) is 13.1. The van der Waals surface area contributed by atoms with Gasteiger partial charge < -0.3 is 4.74 Å². The molecule has 0 bridgehead atoms. The molecule has 0 aliphatic carbocycles. The summed E-state index contributed by atoms with van der Waals surface area (Å²) in [5.74, 6) is -0.794. The number of methoxy groups -OCH3 is 1. The van der Waals surface area contributed by atoms with Crippen LogP contribution in [0.4, 0.5) is 0 Å². The van der Waals surface area contributed by atoms with Gasteiger partial charge in [-0.1, -0.05) is 23.7 Å². The van der Waals surface area contributed by atoms with Crippen molar-refractivity contribution < 1.29 is 22.1 Å². The van der Waals surface area contributed by atoms with Gasteiger partial charge in [-0.3, -0.25) is 4.18 Å². The highest BCUT2D eigenvalue weighted by atomic mass is 35.5. The Bertz CT molecular complexity index is 494. The Morgan fingerprint density at radius 1 is 1.29 bits per heavy atom. The number of hydrogen-bond acceptors (Lipinski definition) is 5. The summed E-state index contributed by atoms with van der Waals surface area (Å²) >= 11 is 5.69. The number of rotatable bonds is 4. The van der Waals surface area contributed by atoms with Gasteiger partial charge in [0.15, 0.2) is 6.10 Å². The van der Waals surface area contributed by atoms with E-state index in [2.05, 4.69) is 8.92 Å². The molecule has 1 atom stereocenters. The van der Waals surface area contributed by atoms with Crippen molar-refractivity contribution in [1.29, 1.82) is 0 Å². The number of halogens is 1. The van der Waals surface area contributed by atoms with Gasteiger partial charge in [0.1, 0.15) is 0 Å². The molecule has 0 heterocycles. The van der Waals surface area contributed by atoms with Gasteiger partial charge >= 0.3 is 5.97 Å². The lowest BCUT2D eigenvalue weighted by Gasteiger charge is -2.14. The summed E-state index contributed by atoms with van der Waals surface area (Å²) in [7, 11) is -2.62. The van der Waals surface area contributed by atoms with Crippen LogP contribution in [0.5, 0.6) is 0 Å². The van der Waals surface area contributed by atoms with Crippen LogP contribution in [0.1, 0.15) is 11.7 Å². The first-order valence-electron chi connectivity index (χ1n) is 4.55. The van der Waals surface area contributed by atoms with Gasteiger partial charge in [-0.05, 0) is 17.7 Å². The van der Waals surface area contributed by atoms with Gasteiger partial charge in [-0.15, -0.1) is 0 Å². The Hall–Kier alpha value is -1.11. The Kier molecular flexibility index (Phi) is 4.50. The standard InChI is InChI=1S/C10H11ClO5S/c1-15-10(12)9(16-17(2,13)14)7-3-5-8(11)6-4-7/h3-6,9H,1-2H3/t9-/m0/s1. The fourth-order valence-corrected chi connectivity index (χ4v) is 1.82. The number of carbonyl (C=O) groups is 1. The molecule has 0 fully saturated rings. The van der Waals surface area contributed by atoms with E-state index in [0.717, 1.165) is 13.4 Å². The van der Waals surface area contributed by atoms with E-state index in [4.69, 9.17) is 11.6 Å². The lowest BCUT2D eigenvalue weighted by Crippen LogP contribution is -2.20. The van der Waals surface area contributed by atoms with Crippen LogP contribution in [0.3, 0.4) is 0 Å². The molecule has 0 amide bonds. The minimum absolute atomic E-state index is 0.353. The molecule has 0 spiro atoms. The first kappa shape index (κ1) is 14.0. The normalized spacial score (nSPS) is 13.1. The number of ether oxygens (including phenoxy) is 1. The third-order valence-corrected chi connectivity index (χ3v) is 2.65. The van der Waals surface area contributed by atoms with E-state index in [1.54, 1.807) is 0 Å². The zero-order valence-corrected chi connectivity index (χ0v) is 10.8. The molecule has 1 aromatic rings. The van der Waals surface area contributed by atoms with Crippen molar-refractivity contribution in [2.75, 3.05) is 13.4 Å². The van der Waals surface area contributed by atoms with E-state index in [1.165, 1.54) is 24.3 Å². The third kappa shape index (κ3) is 4.33. The topological polar surface area (TPSA) is 69.7 Å². The molecule has 0 saturated heterocycles. The summed E-state index contributed by atoms with van der Waals surface area (Å²) in [5.41, 5.74) is 0.353. The highest BCUT2D eigenvalue weighted by Crippen LogP contribution is 2.22. The summed E-state index contributed by atoms with van der Waals surface area (Å²) in [4.78, 5) is 11.4. The van der Waals surface area contributed by atoms with Crippen molar-refractivity contribution in [3.05, 3.63) is 34.9 Å². The van der Waals surface area contributed by atoms with Crippen molar-refractivity contribution in [2.45, 2.75) is 6.10 Å². The minimum atomic E-state index is -3.77. The molecule has 0 N–H and O–H groups in total. The second-order valence-electron chi connectivity index (χ2n) is 3.26. The third-order valence-electron chi connectivity index (χ3n) is 1.86. The average molecular weight is 279 g/mol. The molecule has 0 radical (unpaired) electrons. The molecule has 94 valence electrons. The van der Waals surface area contributed by atoms with Gasteiger partial charge in [0.25, 0.3) is 10.1 Å². The maximum absolute atomic E-state index is 11.4. The van der Waals surface area contributed by atoms with Crippen LogP contribution in [-0.4, -0.2) is 27.8 Å². The summed E-state index contributed by atoms with van der Waals surface area (Å²) in [5, 5.41) is 0.469. The van der Waals surface area contributed by atoms with E-state index in [0.29, 0.717) is 10.6 Å². The van der Waals surface area contributed by atoms with Crippen LogP contribution in [-0.2, 0) is 23.8 Å². The summed E-state index contributed by atoms with van der Waals surface area (Å²) < 4.78 is 31.2. The highest BCUT2D eigenvalue weighted by molar-refractivity contribution is 7.86. The van der Waals surface area contributed by atoms with Crippen LogP contribution in [0.2, 0.25) is 5.02 Å². The predicted octanol–water partition coefficient (Wildman–Crippen LogP) is 1.53. The van der Waals surface area contributed by atoms with Gasteiger partial charge in [-0.25, -0.2) is 4.79 Å². The first-order valence-corrected chi connectivity index (χ1v) is 6.74. The van der Waals surface area contributed by atoms with Crippen LogP contribution in [0.25, 0.3) is 0 Å². The van der Waals surface area contributed by atoms with Crippen LogP contribution < -0.4 is 0 Å². The summed E-state index contributed by atoms with van der Waals surface area (Å²) in [6.45, 7) is 0. The summed E-state index contributed by atoms with van der Waals surface area (Å²) in [6, 6.07) is 6.04. The van der Waals surface area contributed by atoms with Crippen LogP contribution in [0, 0.1) is 0 Å². The van der Waals surface area contributed by atoms with E-state index in [1.807, 2.05) is 0 Å². The molecule has 0 saturated carbocycles. The monoisotopic (exact) mass is 278 g/mol. The molecule has 0 aliphatic rings. The van der Waals surface area contributed by atoms with Crippen molar-refractivity contribution in [2.24, 2.45) is 0 Å². The van der Waals surface area contributed by atoms with Gasteiger partial charge in [0.05, 0.1) is 13.4 Å². The zero-order valence-electron chi connectivity index (χ0n) is 9.21. The smallest absolute Gasteiger partial charge is 0.341 e. The quantitative estimate of drug-likeness (QED) is 0.617. The number of carbonyl (C=O) groups excluding carboxylic acids is 1. The van der Waals surface area contributed by atoms with Crippen LogP contribution >= 0.6 is 11.6 Å². The van der Waals surface area contributed by atoms with Crippen molar-refractivity contribution in [3.8, 4) is 0 Å². The number of benzene rings is 1. The molecule has 1 rings (SSSR count). The van der Waals surface area contributed by atoms with Crippen molar-refractivity contribution in [3.63, 3.8) is 0 Å². The SMILES string of the molecule is COC(=O)[C@@H](OS(C)(=O)=O)c1ccc(Cl)cc1. The van der Waals surface area contributed by atoms with E-state index < -0.39 is 22.2 Å². The van der Waals surface area contributed by atoms with Gasteiger partial charge in [0, 0.05) is 5.02 Å². The predicted molar refractivity (Wildman–Crippen MR) is 62.1 cm³/mol. The molecular formula is C10H11ClO5S. The molecular weight excluding hydrogens is 268 g/mol. The Morgan fingerprint density at radius 2 is 1.82 bits per heavy atom. The lowest BCUT2D eigenvalue weighted by atomic mass is 10.1. The second kappa shape index (κ2) is 5.48. The molecule has 7 heteroatoms. The first-order chi connectivity index (χ1) is 7.83. The van der Waals surface area contributed by atoms with Crippen molar-refractivity contribution >= 4 is 27.7 Å². The average Bonchev–Trinajstić information content (AvgIpc) is 2.25. The fourth-order valence-electron chi connectivity index (χ4n) is 1.15. The van der Waals surface area contributed by atoms with E-state index >= 15 is 0 Å². The number of hydrogen-bond donors (Lipinski definition) is 0. The molecule has 5 nitrogen and oxygen atoms in total. The molecule has 0 aliphatic heterocycles. The van der Waals surface area contributed by atoms with Crippen molar-refractivity contribution in [1.82, 2.24) is 0 Å². The summed E-state index contributed by atoms with van der Waals surface area (Å²) in [6.07, 6.45) is -0.453. The minimum Gasteiger partial charge on any atom is -0.467 e.